The highest BCUT2D eigenvalue weighted by Crippen LogP contribution is 2.50. The molecule has 1 aliphatic carbocycles. The fraction of sp³-hybridized carbons (Fsp3) is 0.571. The maximum atomic E-state index is 5.97. The molecular formula is C14H19NOS. The van der Waals surface area contributed by atoms with Crippen molar-refractivity contribution in [2.75, 3.05) is 6.54 Å². The quantitative estimate of drug-likeness (QED) is 0.873. The highest BCUT2D eigenvalue weighted by atomic mass is 32.2. The van der Waals surface area contributed by atoms with Gasteiger partial charge in [-0.15, -0.1) is 0 Å². The van der Waals surface area contributed by atoms with Crippen molar-refractivity contribution in [2.24, 2.45) is 5.73 Å². The van der Waals surface area contributed by atoms with Crippen LogP contribution >= 0.6 is 11.8 Å². The molecule has 1 fully saturated rings. The van der Waals surface area contributed by atoms with Crippen LogP contribution in [-0.2, 0) is 5.41 Å². The molecule has 2 N–H and O–H groups in total. The van der Waals surface area contributed by atoms with Crippen LogP contribution in [0.4, 0.5) is 0 Å². The molecule has 1 saturated carbocycles. The number of ether oxygens (including phenoxy) is 1. The number of nitrogens with two attached hydrogens (primary N) is 1. The second-order valence-electron chi connectivity index (χ2n) is 5.60. The van der Waals surface area contributed by atoms with E-state index in [2.05, 4.69) is 32.0 Å². The molecule has 0 bridgehead atoms. The Hall–Kier alpha value is -0.670. The van der Waals surface area contributed by atoms with Crippen molar-refractivity contribution in [1.82, 2.24) is 0 Å². The lowest BCUT2D eigenvalue weighted by molar-refractivity contribution is 0.212. The van der Waals surface area contributed by atoms with Crippen molar-refractivity contribution in [3.8, 4) is 5.75 Å². The minimum atomic E-state index is -0.129. The molecule has 1 aliphatic heterocycles. The van der Waals surface area contributed by atoms with E-state index in [1.54, 1.807) is 11.8 Å². The van der Waals surface area contributed by atoms with Crippen LogP contribution in [0.2, 0.25) is 0 Å². The van der Waals surface area contributed by atoms with Crippen molar-refractivity contribution in [2.45, 2.75) is 48.4 Å². The van der Waals surface area contributed by atoms with E-state index >= 15 is 0 Å². The molecule has 0 amide bonds. The third-order valence-corrected chi connectivity index (χ3v) is 5.10. The van der Waals surface area contributed by atoms with Crippen LogP contribution in [-0.4, -0.2) is 11.5 Å². The van der Waals surface area contributed by atoms with Gasteiger partial charge >= 0.3 is 0 Å². The van der Waals surface area contributed by atoms with E-state index in [0.29, 0.717) is 0 Å². The molecule has 0 radical (unpaired) electrons. The van der Waals surface area contributed by atoms with Crippen molar-refractivity contribution in [1.29, 1.82) is 0 Å². The first-order valence-electron chi connectivity index (χ1n) is 6.27. The molecule has 0 unspecified atom stereocenters. The van der Waals surface area contributed by atoms with E-state index in [9.17, 15) is 0 Å². The van der Waals surface area contributed by atoms with E-state index in [1.165, 1.54) is 29.7 Å². The predicted octanol–water partition coefficient (Wildman–Crippen LogP) is 3.29. The molecule has 1 heterocycles. The van der Waals surface area contributed by atoms with Crippen molar-refractivity contribution >= 4 is 11.8 Å². The highest BCUT2D eigenvalue weighted by Gasteiger charge is 2.39. The van der Waals surface area contributed by atoms with Crippen LogP contribution in [0, 0.1) is 0 Å². The average Bonchev–Trinajstić information content (AvgIpc) is 2.50. The Kier molecular flexibility index (Phi) is 2.46. The number of benzene rings is 1. The van der Waals surface area contributed by atoms with Crippen molar-refractivity contribution in [3.63, 3.8) is 0 Å². The lowest BCUT2D eigenvalue weighted by Crippen LogP contribution is -2.41. The summed E-state index contributed by atoms with van der Waals surface area (Å²) in [6, 6.07) is 6.64. The molecule has 1 aromatic carbocycles. The Morgan fingerprint density at radius 2 is 2.12 bits per heavy atom. The second-order valence-corrected chi connectivity index (χ2v) is 7.23. The summed E-state index contributed by atoms with van der Waals surface area (Å²) in [5.74, 6) is 1.04. The largest absolute Gasteiger partial charge is 0.476 e. The van der Waals surface area contributed by atoms with E-state index in [-0.39, 0.29) is 10.3 Å². The highest BCUT2D eigenvalue weighted by molar-refractivity contribution is 8.00. The number of fused-ring (bicyclic) bond motifs is 1. The molecule has 17 heavy (non-hydrogen) atoms. The number of rotatable bonds is 2. The Labute approximate surface area is 107 Å². The fourth-order valence-corrected chi connectivity index (χ4v) is 3.76. The standard InChI is InChI=1S/C14H19NOS/c1-13(2)16-11-8-10(4-5-12(11)17-13)14(9-15)6-3-7-14/h4-5,8H,3,6-7,9,15H2,1-2H3. The minimum absolute atomic E-state index is 0.129. The Balaban J connectivity index is 1.96. The first kappa shape index (κ1) is 11.4. The van der Waals surface area contributed by atoms with Gasteiger partial charge < -0.3 is 10.5 Å². The molecule has 0 spiro atoms. The van der Waals surface area contributed by atoms with Crippen LogP contribution < -0.4 is 10.5 Å². The van der Waals surface area contributed by atoms with Crippen LogP contribution in [0.3, 0.4) is 0 Å². The third-order valence-electron chi connectivity index (χ3n) is 3.97. The van der Waals surface area contributed by atoms with Crippen molar-refractivity contribution < 1.29 is 4.74 Å². The Bertz CT molecular complexity index is 446. The number of hydrogen-bond acceptors (Lipinski definition) is 3. The fourth-order valence-electron chi connectivity index (χ4n) is 2.77. The van der Waals surface area contributed by atoms with Gasteiger partial charge in [0.25, 0.3) is 0 Å². The van der Waals surface area contributed by atoms with E-state index in [0.717, 1.165) is 12.3 Å². The van der Waals surface area contributed by atoms with Gasteiger partial charge in [0, 0.05) is 12.0 Å². The molecule has 3 rings (SSSR count). The second kappa shape index (κ2) is 3.66. The topological polar surface area (TPSA) is 35.2 Å². The molecule has 2 aliphatic rings. The zero-order chi connectivity index (χ0) is 12.1. The SMILES string of the molecule is CC1(C)Oc2cc(C3(CN)CCC3)ccc2S1. The first-order chi connectivity index (χ1) is 8.05. The van der Waals surface area contributed by atoms with E-state index in [1.807, 2.05) is 0 Å². The summed E-state index contributed by atoms with van der Waals surface area (Å²) >= 11 is 1.79. The Morgan fingerprint density at radius 3 is 2.71 bits per heavy atom. The van der Waals surface area contributed by atoms with Crippen LogP contribution in [0.1, 0.15) is 38.7 Å². The summed E-state index contributed by atoms with van der Waals surface area (Å²) in [4.78, 5) is 1.13. The average molecular weight is 249 g/mol. The van der Waals surface area contributed by atoms with Crippen LogP contribution in [0.5, 0.6) is 5.75 Å². The van der Waals surface area contributed by atoms with Crippen LogP contribution in [0.25, 0.3) is 0 Å². The molecular weight excluding hydrogens is 230 g/mol. The smallest absolute Gasteiger partial charge is 0.153 e. The summed E-state index contributed by atoms with van der Waals surface area (Å²) in [6.45, 7) is 4.97. The predicted molar refractivity (Wildman–Crippen MR) is 71.6 cm³/mol. The molecule has 3 heteroatoms. The van der Waals surface area contributed by atoms with E-state index < -0.39 is 0 Å². The third kappa shape index (κ3) is 1.76. The van der Waals surface area contributed by atoms with Gasteiger partial charge in [-0.1, -0.05) is 24.2 Å². The number of hydrogen-bond donors (Lipinski definition) is 1. The van der Waals surface area contributed by atoms with Gasteiger partial charge in [-0.2, -0.15) is 0 Å². The monoisotopic (exact) mass is 249 g/mol. The summed E-state index contributed by atoms with van der Waals surface area (Å²) in [6.07, 6.45) is 3.74. The van der Waals surface area contributed by atoms with Gasteiger partial charge in [-0.05, 0) is 44.4 Å². The summed E-state index contributed by atoms with van der Waals surface area (Å²) in [5, 5.41) is 0. The zero-order valence-electron chi connectivity index (χ0n) is 10.5. The maximum Gasteiger partial charge on any atom is 0.153 e. The van der Waals surface area contributed by atoms with Gasteiger partial charge in [0.05, 0.1) is 4.90 Å². The normalized spacial score (nSPS) is 23.7. The summed E-state index contributed by atoms with van der Waals surface area (Å²) < 4.78 is 5.97. The minimum Gasteiger partial charge on any atom is -0.476 e. The summed E-state index contributed by atoms with van der Waals surface area (Å²) in [7, 11) is 0. The Morgan fingerprint density at radius 1 is 1.35 bits per heavy atom. The van der Waals surface area contributed by atoms with Gasteiger partial charge in [0.15, 0.2) is 4.93 Å². The molecule has 0 saturated heterocycles. The summed E-state index contributed by atoms with van der Waals surface area (Å²) in [5.41, 5.74) is 7.55. The number of thioether (sulfide) groups is 1. The molecule has 92 valence electrons. The molecule has 0 aromatic heterocycles. The molecule has 2 nitrogen and oxygen atoms in total. The van der Waals surface area contributed by atoms with Gasteiger partial charge in [-0.3, -0.25) is 0 Å². The maximum absolute atomic E-state index is 5.97. The van der Waals surface area contributed by atoms with Gasteiger partial charge in [0.2, 0.25) is 0 Å². The zero-order valence-corrected chi connectivity index (χ0v) is 11.3. The molecule has 1 aromatic rings. The molecule has 0 atom stereocenters. The van der Waals surface area contributed by atoms with Crippen LogP contribution in [0.15, 0.2) is 23.1 Å². The van der Waals surface area contributed by atoms with Gasteiger partial charge in [0.1, 0.15) is 5.75 Å². The lowest BCUT2D eigenvalue weighted by atomic mass is 9.64. The lowest BCUT2D eigenvalue weighted by Gasteiger charge is -2.41. The van der Waals surface area contributed by atoms with Gasteiger partial charge in [-0.25, -0.2) is 0 Å². The first-order valence-corrected chi connectivity index (χ1v) is 7.09. The van der Waals surface area contributed by atoms with E-state index in [4.69, 9.17) is 10.5 Å². The van der Waals surface area contributed by atoms with Crippen molar-refractivity contribution in [3.05, 3.63) is 23.8 Å².